The van der Waals surface area contributed by atoms with E-state index in [-0.39, 0.29) is 11.8 Å². The first-order valence-corrected chi connectivity index (χ1v) is 13.6. The van der Waals surface area contributed by atoms with Crippen LogP contribution in [-0.4, -0.2) is 43.0 Å². The summed E-state index contributed by atoms with van der Waals surface area (Å²) in [6, 6.07) is 21.2. The molecular weight excluding hydrogens is 418 g/mol. The van der Waals surface area contributed by atoms with Crippen LogP contribution in [0.2, 0.25) is 0 Å². The van der Waals surface area contributed by atoms with Crippen LogP contribution in [0.15, 0.2) is 60.7 Å². The molecule has 2 aromatic carbocycles. The number of rotatable bonds is 14. The molecule has 4 rings (SSSR count). The average molecular weight is 462 g/mol. The summed E-state index contributed by atoms with van der Waals surface area (Å²) >= 11 is 0. The highest BCUT2D eigenvalue weighted by Crippen LogP contribution is 2.43. The molecule has 0 aromatic heterocycles. The zero-order valence-electron chi connectivity index (χ0n) is 20.8. The summed E-state index contributed by atoms with van der Waals surface area (Å²) in [5.74, 6) is -0.0403. The molecule has 1 saturated carbocycles. The Morgan fingerprint density at radius 1 is 0.853 bits per heavy atom. The topological polar surface area (TPSA) is 58.4 Å². The molecule has 1 aliphatic carbocycles. The molecule has 3 N–H and O–H groups in total. The highest BCUT2D eigenvalue weighted by atomic mass is 16.1. The minimum absolute atomic E-state index is 0.193. The second-order valence-electron chi connectivity index (χ2n) is 10.4. The zero-order chi connectivity index (χ0) is 23.6. The van der Waals surface area contributed by atoms with E-state index in [2.05, 4.69) is 34.5 Å². The molecule has 2 fully saturated rings. The number of amides is 1. The zero-order valence-corrected chi connectivity index (χ0v) is 20.8. The number of nitrogens with one attached hydrogen (secondary N) is 1. The third-order valence-corrected chi connectivity index (χ3v) is 8.17. The van der Waals surface area contributed by atoms with Crippen LogP contribution in [0.25, 0.3) is 0 Å². The second-order valence-corrected chi connectivity index (χ2v) is 10.4. The molecule has 1 heterocycles. The first-order chi connectivity index (χ1) is 16.7. The van der Waals surface area contributed by atoms with Crippen molar-refractivity contribution in [1.82, 2.24) is 10.2 Å². The number of nitrogens with zero attached hydrogens (tertiary/aromatic N) is 1. The van der Waals surface area contributed by atoms with Crippen molar-refractivity contribution in [1.29, 1.82) is 0 Å². The van der Waals surface area contributed by atoms with Gasteiger partial charge in [0.15, 0.2) is 0 Å². The van der Waals surface area contributed by atoms with Crippen LogP contribution in [0.4, 0.5) is 0 Å². The van der Waals surface area contributed by atoms with Crippen molar-refractivity contribution < 1.29 is 4.79 Å². The first-order valence-electron chi connectivity index (χ1n) is 13.6. The number of nitrogens with two attached hydrogens (primary N) is 1. The monoisotopic (exact) mass is 461 g/mol. The van der Waals surface area contributed by atoms with E-state index >= 15 is 0 Å². The fourth-order valence-corrected chi connectivity index (χ4v) is 6.00. The second kappa shape index (κ2) is 12.5. The molecule has 2 aliphatic rings. The van der Waals surface area contributed by atoms with Gasteiger partial charge in [0.05, 0.1) is 0 Å². The number of likely N-dealkylation sites (tertiary alicyclic amines) is 1. The molecule has 1 amide bonds. The van der Waals surface area contributed by atoms with Gasteiger partial charge in [-0.15, -0.1) is 0 Å². The van der Waals surface area contributed by atoms with Gasteiger partial charge < -0.3 is 16.0 Å². The molecule has 2 aromatic rings. The van der Waals surface area contributed by atoms with E-state index in [9.17, 15) is 4.79 Å². The van der Waals surface area contributed by atoms with Crippen molar-refractivity contribution in [3.8, 4) is 0 Å². The Labute approximate surface area is 206 Å². The lowest BCUT2D eigenvalue weighted by molar-refractivity contribution is -0.123. The van der Waals surface area contributed by atoms with E-state index in [0.29, 0.717) is 0 Å². The molecule has 4 heteroatoms. The number of carbonyl (C=O) groups is 1. The lowest BCUT2D eigenvalue weighted by Crippen LogP contribution is -2.49. The molecular formula is C30H43N3O. The smallest absolute Gasteiger partial charge is 0.232 e. The van der Waals surface area contributed by atoms with Crippen LogP contribution < -0.4 is 11.1 Å². The predicted molar refractivity (Wildman–Crippen MR) is 141 cm³/mol. The molecule has 184 valence electrons. The largest absolute Gasteiger partial charge is 0.369 e. The molecule has 0 radical (unpaired) electrons. The number of primary amides is 1. The van der Waals surface area contributed by atoms with Gasteiger partial charge >= 0.3 is 0 Å². The standard InChI is InChI=1S/C30H43N3O/c31-29(34)30(25-14-7-5-8-15-25,26-16-9-6-10-17-26)27-20-23-33(24-27)22-12-4-2-1-3-11-21-32-28-18-13-19-28/h5-10,14-17,27-28,32H,1-4,11-13,18-24H2,(H2,31,34)/t27-/m1/s1. The number of hydrogen-bond donors (Lipinski definition) is 2. The van der Waals surface area contributed by atoms with Gasteiger partial charge in [0.25, 0.3) is 0 Å². The minimum Gasteiger partial charge on any atom is -0.369 e. The third-order valence-electron chi connectivity index (χ3n) is 8.17. The van der Waals surface area contributed by atoms with E-state index in [4.69, 9.17) is 5.73 Å². The normalized spacial score (nSPS) is 19.2. The Kier molecular flexibility index (Phi) is 9.18. The SMILES string of the molecule is NC(=O)C(c1ccccc1)(c1ccccc1)[C@@H]1CCN(CCCCCCCCNC2CCC2)C1. The molecule has 0 unspecified atom stereocenters. The molecule has 4 nitrogen and oxygen atoms in total. The van der Waals surface area contributed by atoms with Crippen molar-refractivity contribution in [2.45, 2.75) is 75.7 Å². The average Bonchev–Trinajstić information content (AvgIpc) is 3.30. The lowest BCUT2D eigenvalue weighted by Gasteiger charge is -2.37. The van der Waals surface area contributed by atoms with Gasteiger partial charge in [-0.3, -0.25) is 4.79 Å². The van der Waals surface area contributed by atoms with Crippen LogP contribution in [0.1, 0.15) is 75.3 Å². The summed E-state index contributed by atoms with van der Waals surface area (Å²) in [5, 5.41) is 3.67. The molecule has 0 spiro atoms. The lowest BCUT2D eigenvalue weighted by atomic mass is 9.64. The summed E-state index contributed by atoms with van der Waals surface area (Å²) in [6.07, 6.45) is 13.1. The predicted octanol–water partition coefficient (Wildman–Crippen LogP) is 5.26. The summed E-state index contributed by atoms with van der Waals surface area (Å²) in [5.41, 5.74) is 7.48. The number of hydrogen-bond acceptors (Lipinski definition) is 3. The van der Waals surface area contributed by atoms with E-state index in [1.165, 1.54) is 64.3 Å². The van der Waals surface area contributed by atoms with E-state index in [1.807, 2.05) is 36.4 Å². The van der Waals surface area contributed by atoms with Crippen molar-refractivity contribution in [2.24, 2.45) is 11.7 Å². The maximum Gasteiger partial charge on any atom is 0.232 e. The van der Waals surface area contributed by atoms with Gasteiger partial charge in [-0.1, -0.05) is 92.8 Å². The van der Waals surface area contributed by atoms with Crippen LogP contribution in [0, 0.1) is 5.92 Å². The van der Waals surface area contributed by atoms with Crippen LogP contribution in [0.5, 0.6) is 0 Å². The van der Waals surface area contributed by atoms with Crippen LogP contribution >= 0.6 is 0 Å². The summed E-state index contributed by atoms with van der Waals surface area (Å²) in [7, 11) is 0. The third kappa shape index (κ3) is 5.90. The van der Waals surface area contributed by atoms with Gasteiger partial charge in [0, 0.05) is 12.6 Å². The van der Waals surface area contributed by atoms with Crippen LogP contribution in [-0.2, 0) is 10.2 Å². The fraction of sp³-hybridized carbons (Fsp3) is 0.567. The maximum atomic E-state index is 13.2. The fourth-order valence-electron chi connectivity index (χ4n) is 6.00. The Morgan fingerprint density at radius 2 is 1.44 bits per heavy atom. The molecule has 1 aliphatic heterocycles. The van der Waals surface area contributed by atoms with Gasteiger partial charge in [0.2, 0.25) is 5.91 Å². The van der Waals surface area contributed by atoms with Crippen LogP contribution in [0.3, 0.4) is 0 Å². The van der Waals surface area contributed by atoms with Gasteiger partial charge in [-0.25, -0.2) is 0 Å². The Morgan fingerprint density at radius 3 is 2.00 bits per heavy atom. The molecule has 34 heavy (non-hydrogen) atoms. The maximum absolute atomic E-state index is 13.2. The Hall–Kier alpha value is -2.17. The number of carbonyl (C=O) groups excluding carboxylic acids is 1. The number of unbranched alkanes of at least 4 members (excludes halogenated alkanes) is 5. The number of benzene rings is 2. The molecule has 1 atom stereocenters. The van der Waals surface area contributed by atoms with Gasteiger partial charge in [-0.05, 0) is 68.8 Å². The minimum atomic E-state index is -0.773. The Balaban J connectivity index is 1.26. The van der Waals surface area contributed by atoms with E-state index < -0.39 is 5.41 Å². The van der Waals surface area contributed by atoms with Crippen molar-refractivity contribution in [3.63, 3.8) is 0 Å². The summed E-state index contributed by atoms with van der Waals surface area (Å²) in [6.45, 7) is 4.30. The van der Waals surface area contributed by atoms with Gasteiger partial charge in [-0.2, -0.15) is 0 Å². The van der Waals surface area contributed by atoms with Crippen molar-refractivity contribution in [3.05, 3.63) is 71.8 Å². The molecule has 0 bridgehead atoms. The molecule has 1 saturated heterocycles. The highest BCUT2D eigenvalue weighted by Gasteiger charge is 2.49. The summed E-state index contributed by atoms with van der Waals surface area (Å²) in [4.78, 5) is 15.7. The van der Waals surface area contributed by atoms with E-state index in [1.54, 1.807) is 0 Å². The van der Waals surface area contributed by atoms with Gasteiger partial charge in [0.1, 0.15) is 5.41 Å². The first kappa shape index (κ1) is 24.9. The summed E-state index contributed by atoms with van der Waals surface area (Å²) < 4.78 is 0. The van der Waals surface area contributed by atoms with Crippen molar-refractivity contribution >= 4 is 5.91 Å². The van der Waals surface area contributed by atoms with Crippen molar-refractivity contribution in [2.75, 3.05) is 26.2 Å². The highest BCUT2D eigenvalue weighted by molar-refractivity contribution is 5.91. The van der Waals surface area contributed by atoms with E-state index in [0.717, 1.165) is 43.2 Å². The Bertz CT molecular complexity index is 826. The quantitative estimate of drug-likeness (QED) is 0.377.